The van der Waals surface area contributed by atoms with Crippen molar-refractivity contribution < 1.29 is 51.7 Å². The molecule has 0 aliphatic rings. The second-order valence-electron chi connectivity index (χ2n) is 5.46. The average molecular weight is 438 g/mol. The van der Waals surface area contributed by atoms with Crippen LogP contribution in [0.3, 0.4) is 0 Å². The van der Waals surface area contributed by atoms with Gasteiger partial charge in [-0.1, -0.05) is 87.4 Å². The van der Waals surface area contributed by atoms with Gasteiger partial charge >= 0.3 is 21.7 Å². The van der Waals surface area contributed by atoms with Crippen LogP contribution in [0.1, 0.15) is 60.2 Å². The quantitative estimate of drug-likeness (QED) is 0.662. The molecule has 0 unspecified atom stereocenters. The van der Waals surface area contributed by atoms with Gasteiger partial charge in [0.1, 0.15) is 0 Å². The number of aliphatic hydroxyl groups is 2. The number of carbonyl (C=O) groups is 2. The molecule has 0 saturated heterocycles. The molecule has 7 heteroatoms. The topological polar surface area (TPSA) is 121 Å². The van der Waals surface area contributed by atoms with Gasteiger partial charge in [0, 0.05) is 13.2 Å². The number of carboxylic acid groups (broad SMARTS) is 2. The van der Waals surface area contributed by atoms with Crippen molar-refractivity contribution in [2.75, 3.05) is 13.2 Å². The summed E-state index contributed by atoms with van der Waals surface area (Å²) < 4.78 is 0. The minimum absolute atomic E-state index is 0. The van der Waals surface area contributed by atoms with Gasteiger partial charge in [-0.05, 0) is 24.0 Å². The molecule has 2 rings (SSSR count). The van der Waals surface area contributed by atoms with Gasteiger partial charge in [-0.25, -0.2) is 0 Å². The van der Waals surface area contributed by atoms with E-state index in [2.05, 4.69) is 13.8 Å². The Morgan fingerprint density at radius 3 is 1.07 bits per heavy atom. The number of benzene rings is 2. The molecule has 2 aromatic carbocycles. The van der Waals surface area contributed by atoms with Gasteiger partial charge in [-0.15, -0.1) is 0 Å². The molecular weight excluding hydrogens is 408 g/mol. The molecule has 2 N–H and O–H groups in total. The van der Waals surface area contributed by atoms with Crippen LogP contribution in [0.15, 0.2) is 60.7 Å². The summed E-state index contributed by atoms with van der Waals surface area (Å²) in [5.41, 5.74) is 0.440. The van der Waals surface area contributed by atoms with Crippen LogP contribution in [0.4, 0.5) is 0 Å². The summed E-state index contributed by atoms with van der Waals surface area (Å²) in [5.74, 6) is -2.26. The van der Waals surface area contributed by atoms with Gasteiger partial charge in [0.15, 0.2) is 0 Å². The SMILES string of the molecule is CCCCO.CCCCO.O=C([O-])c1ccccc1.O=C([O-])c1ccccc1.[Ti+2]. The van der Waals surface area contributed by atoms with E-state index in [1.807, 2.05) is 0 Å². The van der Waals surface area contributed by atoms with Crippen LogP contribution in [0, 0.1) is 0 Å². The van der Waals surface area contributed by atoms with Crippen molar-refractivity contribution >= 4 is 11.9 Å². The number of rotatable bonds is 6. The van der Waals surface area contributed by atoms with Gasteiger partial charge in [0.05, 0.1) is 11.9 Å². The molecule has 0 bridgehead atoms. The molecule has 0 saturated carbocycles. The van der Waals surface area contributed by atoms with Crippen molar-refractivity contribution in [3.63, 3.8) is 0 Å². The average Bonchev–Trinajstić information content (AvgIpc) is 2.72. The first-order valence-electron chi connectivity index (χ1n) is 9.18. The zero-order valence-electron chi connectivity index (χ0n) is 17.0. The Balaban J connectivity index is -0.000000321. The number of unbranched alkanes of at least 4 members (excludes halogenated alkanes) is 2. The first kappa shape index (κ1) is 31.7. The number of aliphatic hydroxyl groups excluding tert-OH is 2. The van der Waals surface area contributed by atoms with E-state index < -0.39 is 11.9 Å². The van der Waals surface area contributed by atoms with E-state index >= 15 is 0 Å². The molecule has 0 aliphatic carbocycles. The first-order valence-corrected chi connectivity index (χ1v) is 9.18. The molecule has 0 spiro atoms. The monoisotopic (exact) mass is 438 g/mol. The fourth-order valence-corrected chi connectivity index (χ4v) is 1.46. The Morgan fingerprint density at radius 2 is 0.966 bits per heavy atom. The molecule has 0 radical (unpaired) electrons. The van der Waals surface area contributed by atoms with E-state index in [4.69, 9.17) is 10.2 Å². The summed E-state index contributed by atoms with van der Waals surface area (Å²) in [6, 6.07) is 16.1. The van der Waals surface area contributed by atoms with Crippen molar-refractivity contribution in [1.82, 2.24) is 0 Å². The Bertz CT molecular complexity index is 546. The van der Waals surface area contributed by atoms with Crippen molar-refractivity contribution in [3.8, 4) is 0 Å². The summed E-state index contributed by atoms with van der Waals surface area (Å²) in [6.07, 6.45) is 4.08. The summed E-state index contributed by atoms with van der Waals surface area (Å²) in [5, 5.41) is 36.3. The largest absolute Gasteiger partial charge is 2.00 e. The molecular formula is C22H30O6Ti. The number of hydrogen-bond acceptors (Lipinski definition) is 6. The Hall–Kier alpha value is -1.99. The van der Waals surface area contributed by atoms with Crippen LogP contribution >= 0.6 is 0 Å². The maximum atomic E-state index is 10.1. The molecule has 0 heterocycles. The second kappa shape index (κ2) is 24.1. The predicted molar refractivity (Wildman–Crippen MR) is 106 cm³/mol. The van der Waals surface area contributed by atoms with Crippen LogP contribution in [0.25, 0.3) is 0 Å². The predicted octanol–water partition coefficient (Wildman–Crippen LogP) is 1.66. The molecule has 29 heavy (non-hydrogen) atoms. The van der Waals surface area contributed by atoms with E-state index in [0.717, 1.165) is 25.7 Å². The standard InChI is InChI=1S/2C7H6O2.2C4H10O.Ti/c2*8-7(9)6-4-2-1-3-5-6;2*1-2-3-4-5;/h2*1-5H,(H,8,9);2*5H,2-4H2,1H3;/q;;;;+2/p-2. The molecule has 2 aromatic rings. The third kappa shape index (κ3) is 22.2. The maximum Gasteiger partial charge on any atom is 2.00 e. The zero-order valence-corrected chi connectivity index (χ0v) is 18.6. The fraction of sp³-hybridized carbons (Fsp3) is 0.364. The Kier molecular flexibility index (Phi) is 26.3. The van der Waals surface area contributed by atoms with Crippen molar-refractivity contribution in [2.45, 2.75) is 39.5 Å². The number of hydrogen-bond donors (Lipinski definition) is 2. The molecule has 0 amide bonds. The Morgan fingerprint density at radius 1 is 0.690 bits per heavy atom. The number of aromatic carboxylic acids is 2. The zero-order chi connectivity index (χ0) is 21.6. The number of carboxylic acids is 2. The summed E-state index contributed by atoms with van der Waals surface area (Å²) in [7, 11) is 0. The summed E-state index contributed by atoms with van der Waals surface area (Å²) in [6.45, 7) is 4.79. The van der Waals surface area contributed by atoms with Gasteiger partial charge in [-0.3, -0.25) is 0 Å². The maximum absolute atomic E-state index is 10.1. The first-order chi connectivity index (χ1) is 13.4. The van der Waals surface area contributed by atoms with Crippen molar-refractivity contribution in [3.05, 3.63) is 71.8 Å². The van der Waals surface area contributed by atoms with Crippen LogP contribution in [-0.4, -0.2) is 35.4 Å². The van der Waals surface area contributed by atoms with Gasteiger partial charge in [-0.2, -0.15) is 0 Å². The second-order valence-corrected chi connectivity index (χ2v) is 5.46. The molecule has 0 aromatic heterocycles. The minimum atomic E-state index is -1.13. The van der Waals surface area contributed by atoms with Crippen LogP contribution < -0.4 is 10.2 Å². The molecule has 0 aliphatic heterocycles. The third-order valence-electron chi connectivity index (χ3n) is 3.04. The third-order valence-corrected chi connectivity index (χ3v) is 3.04. The Labute approximate surface area is 188 Å². The molecule has 0 fully saturated rings. The molecule has 0 atom stereocenters. The van der Waals surface area contributed by atoms with E-state index in [1.54, 1.807) is 36.4 Å². The fourth-order valence-electron chi connectivity index (χ4n) is 1.46. The normalized spacial score (nSPS) is 8.41. The van der Waals surface area contributed by atoms with E-state index in [0.29, 0.717) is 13.2 Å². The van der Waals surface area contributed by atoms with Crippen molar-refractivity contribution in [2.24, 2.45) is 0 Å². The number of carbonyl (C=O) groups excluding carboxylic acids is 2. The summed E-state index contributed by atoms with van der Waals surface area (Å²) in [4.78, 5) is 20.2. The van der Waals surface area contributed by atoms with Crippen LogP contribution in [0.2, 0.25) is 0 Å². The van der Waals surface area contributed by atoms with E-state index in [-0.39, 0.29) is 32.8 Å². The van der Waals surface area contributed by atoms with Gasteiger partial charge in [0.25, 0.3) is 0 Å². The van der Waals surface area contributed by atoms with Crippen molar-refractivity contribution in [1.29, 1.82) is 0 Å². The minimum Gasteiger partial charge on any atom is -0.545 e. The molecule has 158 valence electrons. The van der Waals surface area contributed by atoms with Gasteiger partial charge in [0.2, 0.25) is 0 Å². The smallest absolute Gasteiger partial charge is 0.545 e. The van der Waals surface area contributed by atoms with Crippen LogP contribution in [0.5, 0.6) is 0 Å². The molecule has 6 nitrogen and oxygen atoms in total. The summed E-state index contributed by atoms with van der Waals surface area (Å²) >= 11 is 0. The van der Waals surface area contributed by atoms with E-state index in [1.165, 1.54) is 24.3 Å². The van der Waals surface area contributed by atoms with E-state index in [9.17, 15) is 19.8 Å². The van der Waals surface area contributed by atoms with Gasteiger partial charge < -0.3 is 30.0 Å². The van der Waals surface area contributed by atoms with Crippen LogP contribution in [-0.2, 0) is 21.7 Å².